The van der Waals surface area contributed by atoms with Gasteiger partial charge in [0.25, 0.3) is 5.91 Å². The van der Waals surface area contributed by atoms with Crippen LogP contribution in [0.2, 0.25) is 0 Å². The lowest BCUT2D eigenvalue weighted by Gasteiger charge is -2.14. The van der Waals surface area contributed by atoms with E-state index in [9.17, 15) is 4.79 Å². The fourth-order valence-electron chi connectivity index (χ4n) is 2.10. The molecule has 0 aliphatic carbocycles. The lowest BCUT2D eigenvalue weighted by Crippen LogP contribution is -2.27. The highest BCUT2D eigenvalue weighted by Crippen LogP contribution is 2.20. The highest BCUT2D eigenvalue weighted by molar-refractivity contribution is 5.96. The third-order valence-electron chi connectivity index (χ3n) is 3.17. The number of amides is 1. The molecule has 1 atom stereocenters. The van der Waals surface area contributed by atoms with Gasteiger partial charge >= 0.3 is 0 Å². The van der Waals surface area contributed by atoms with Crippen LogP contribution in [0.25, 0.3) is 0 Å². The lowest BCUT2D eigenvalue weighted by molar-refractivity contribution is 0.0670. The number of ether oxygens (including phenoxy) is 3. The first-order chi connectivity index (χ1) is 9.81. The average molecular weight is 279 g/mol. The summed E-state index contributed by atoms with van der Waals surface area (Å²) in [5.74, 6) is 0.447. The zero-order chi connectivity index (χ0) is 14.2. The van der Waals surface area contributed by atoms with Crippen LogP contribution in [-0.2, 0) is 9.47 Å². The highest BCUT2D eigenvalue weighted by Gasteiger charge is 2.18. The fourth-order valence-corrected chi connectivity index (χ4v) is 2.10. The molecule has 110 valence electrons. The molecule has 1 aliphatic heterocycles. The van der Waals surface area contributed by atoms with Gasteiger partial charge in [0, 0.05) is 20.3 Å². The summed E-state index contributed by atoms with van der Waals surface area (Å²) in [6.07, 6.45) is 2.23. The Hall–Kier alpha value is -1.59. The smallest absolute Gasteiger partial charge is 0.255 e. The summed E-state index contributed by atoms with van der Waals surface area (Å²) in [6.45, 7) is 2.26. The van der Waals surface area contributed by atoms with Crippen LogP contribution in [0.3, 0.4) is 0 Å². The van der Waals surface area contributed by atoms with Gasteiger partial charge in [0.2, 0.25) is 0 Å². The van der Waals surface area contributed by atoms with Gasteiger partial charge in [0.05, 0.1) is 18.3 Å². The molecule has 0 spiro atoms. The summed E-state index contributed by atoms with van der Waals surface area (Å²) < 4.78 is 16.2. The Balaban J connectivity index is 1.92. The fraction of sp³-hybridized carbons (Fsp3) is 0.533. The van der Waals surface area contributed by atoms with E-state index in [0.29, 0.717) is 31.1 Å². The van der Waals surface area contributed by atoms with Crippen molar-refractivity contribution < 1.29 is 19.0 Å². The van der Waals surface area contributed by atoms with Crippen molar-refractivity contribution in [3.05, 3.63) is 29.8 Å². The predicted molar refractivity (Wildman–Crippen MR) is 75.1 cm³/mol. The van der Waals surface area contributed by atoms with Crippen LogP contribution in [0.5, 0.6) is 5.75 Å². The Morgan fingerprint density at radius 3 is 3.05 bits per heavy atom. The molecule has 0 saturated carbocycles. The number of rotatable bonds is 7. The number of nitrogens with one attached hydrogen (secondary N) is 1. The Bertz CT molecular complexity index is 430. The van der Waals surface area contributed by atoms with E-state index >= 15 is 0 Å². The Labute approximate surface area is 119 Å². The molecule has 1 aromatic carbocycles. The van der Waals surface area contributed by atoms with Crippen molar-refractivity contribution >= 4 is 5.91 Å². The number of methoxy groups -OCH3 is 1. The quantitative estimate of drug-likeness (QED) is 0.771. The maximum absolute atomic E-state index is 12.1. The number of carbonyl (C=O) groups excluding carboxylic acids is 1. The monoisotopic (exact) mass is 279 g/mol. The van der Waals surface area contributed by atoms with E-state index in [1.165, 1.54) is 0 Å². The summed E-state index contributed by atoms with van der Waals surface area (Å²) >= 11 is 0. The van der Waals surface area contributed by atoms with Gasteiger partial charge in [-0.2, -0.15) is 0 Å². The van der Waals surface area contributed by atoms with Gasteiger partial charge in [-0.05, 0) is 25.0 Å². The predicted octanol–water partition coefficient (Wildman–Crippen LogP) is 1.62. The van der Waals surface area contributed by atoms with Crippen molar-refractivity contribution in [1.82, 2.24) is 5.32 Å². The Kier molecular flexibility index (Phi) is 5.83. The molecule has 5 nitrogen and oxygen atoms in total. The highest BCUT2D eigenvalue weighted by atomic mass is 16.5. The lowest BCUT2D eigenvalue weighted by atomic mass is 10.2. The number of para-hydroxylation sites is 1. The SMILES string of the molecule is COCCNC(=O)c1ccccc1OCC1CCCO1. The maximum atomic E-state index is 12.1. The van der Waals surface area contributed by atoms with Crippen molar-refractivity contribution in [3.63, 3.8) is 0 Å². The molecule has 1 aliphatic rings. The van der Waals surface area contributed by atoms with Crippen molar-refractivity contribution in [3.8, 4) is 5.75 Å². The molecule has 1 aromatic rings. The number of carbonyl (C=O) groups is 1. The third-order valence-corrected chi connectivity index (χ3v) is 3.17. The first-order valence-corrected chi connectivity index (χ1v) is 6.92. The minimum absolute atomic E-state index is 0.139. The van der Waals surface area contributed by atoms with Gasteiger partial charge < -0.3 is 19.5 Å². The first kappa shape index (κ1) is 14.8. The van der Waals surface area contributed by atoms with Crippen molar-refractivity contribution in [1.29, 1.82) is 0 Å². The van der Waals surface area contributed by atoms with Gasteiger partial charge in [0.15, 0.2) is 0 Å². The van der Waals surface area contributed by atoms with E-state index in [1.54, 1.807) is 19.2 Å². The summed E-state index contributed by atoms with van der Waals surface area (Å²) in [7, 11) is 1.60. The molecule has 1 heterocycles. The summed E-state index contributed by atoms with van der Waals surface area (Å²) in [5, 5.41) is 2.79. The molecule has 0 radical (unpaired) electrons. The van der Waals surface area contributed by atoms with E-state index in [1.807, 2.05) is 12.1 Å². The van der Waals surface area contributed by atoms with Gasteiger partial charge in [-0.25, -0.2) is 0 Å². The van der Waals surface area contributed by atoms with Gasteiger partial charge in [-0.3, -0.25) is 4.79 Å². The van der Waals surface area contributed by atoms with Crippen LogP contribution in [-0.4, -0.2) is 45.5 Å². The molecule has 0 bridgehead atoms. The van der Waals surface area contributed by atoms with E-state index < -0.39 is 0 Å². The van der Waals surface area contributed by atoms with Gasteiger partial charge in [-0.15, -0.1) is 0 Å². The number of hydrogen-bond acceptors (Lipinski definition) is 4. The Morgan fingerprint density at radius 1 is 1.45 bits per heavy atom. The molecule has 1 amide bonds. The number of hydrogen-bond donors (Lipinski definition) is 1. The molecule has 2 rings (SSSR count). The zero-order valence-electron chi connectivity index (χ0n) is 11.8. The summed E-state index contributed by atoms with van der Waals surface area (Å²) in [6, 6.07) is 7.24. The molecule has 20 heavy (non-hydrogen) atoms. The summed E-state index contributed by atoms with van der Waals surface area (Å²) in [5.41, 5.74) is 0.543. The molecule has 5 heteroatoms. The standard InChI is InChI=1S/C15H21NO4/c1-18-10-8-16-15(17)13-6-2-3-7-14(13)20-11-12-5-4-9-19-12/h2-3,6-7,12H,4-5,8-11H2,1H3,(H,16,17). The molecular weight excluding hydrogens is 258 g/mol. The largest absolute Gasteiger partial charge is 0.490 e. The van der Waals surface area contributed by atoms with Crippen molar-refractivity contribution in [2.75, 3.05) is 33.5 Å². The van der Waals surface area contributed by atoms with Crippen LogP contribution in [0.4, 0.5) is 0 Å². The van der Waals surface area contributed by atoms with Crippen LogP contribution < -0.4 is 10.1 Å². The Morgan fingerprint density at radius 2 is 2.30 bits per heavy atom. The van der Waals surface area contributed by atoms with Crippen molar-refractivity contribution in [2.24, 2.45) is 0 Å². The molecule has 1 saturated heterocycles. The second-order valence-electron chi connectivity index (χ2n) is 4.69. The van der Waals surface area contributed by atoms with E-state index in [4.69, 9.17) is 14.2 Å². The molecule has 0 aromatic heterocycles. The maximum Gasteiger partial charge on any atom is 0.255 e. The van der Waals surface area contributed by atoms with Crippen LogP contribution >= 0.6 is 0 Å². The second kappa shape index (κ2) is 7.87. The molecular formula is C15H21NO4. The van der Waals surface area contributed by atoms with E-state index in [-0.39, 0.29) is 12.0 Å². The first-order valence-electron chi connectivity index (χ1n) is 6.92. The average Bonchev–Trinajstić information content (AvgIpc) is 2.99. The van der Waals surface area contributed by atoms with Gasteiger partial charge in [-0.1, -0.05) is 12.1 Å². The van der Waals surface area contributed by atoms with Crippen LogP contribution in [0, 0.1) is 0 Å². The third kappa shape index (κ3) is 4.21. The topological polar surface area (TPSA) is 56.8 Å². The van der Waals surface area contributed by atoms with Gasteiger partial charge in [0.1, 0.15) is 12.4 Å². The molecule has 1 N–H and O–H groups in total. The van der Waals surface area contributed by atoms with Crippen molar-refractivity contribution in [2.45, 2.75) is 18.9 Å². The second-order valence-corrected chi connectivity index (χ2v) is 4.69. The van der Waals surface area contributed by atoms with E-state index in [0.717, 1.165) is 19.4 Å². The van der Waals surface area contributed by atoms with Crippen LogP contribution in [0.1, 0.15) is 23.2 Å². The molecule has 1 unspecified atom stereocenters. The molecule has 1 fully saturated rings. The normalized spacial score (nSPS) is 17.9. The minimum Gasteiger partial charge on any atom is -0.490 e. The van der Waals surface area contributed by atoms with Crippen LogP contribution in [0.15, 0.2) is 24.3 Å². The summed E-state index contributed by atoms with van der Waals surface area (Å²) in [4.78, 5) is 12.1. The number of benzene rings is 1. The van der Waals surface area contributed by atoms with E-state index in [2.05, 4.69) is 5.32 Å². The zero-order valence-corrected chi connectivity index (χ0v) is 11.8. The minimum atomic E-state index is -0.148.